The molecule has 1 aliphatic carbocycles. The number of likely N-dealkylation sites (N-methyl/N-ethyl adjacent to an activating group) is 1. The highest BCUT2D eigenvalue weighted by Crippen LogP contribution is 2.48. The van der Waals surface area contributed by atoms with Crippen LogP contribution in [0.15, 0.2) is 24.3 Å². The molecule has 1 unspecified atom stereocenters. The Morgan fingerprint density at radius 1 is 1.39 bits per heavy atom. The van der Waals surface area contributed by atoms with E-state index >= 15 is 0 Å². The maximum absolute atomic E-state index is 3.52. The fourth-order valence-electron chi connectivity index (χ4n) is 3.32. The van der Waals surface area contributed by atoms with Gasteiger partial charge in [-0.1, -0.05) is 24.3 Å². The molecule has 18 heavy (non-hydrogen) atoms. The summed E-state index contributed by atoms with van der Waals surface area (Å²) in [6, 6.07) is 9.37. The minimum atomic E-state index is 0.451. The van der Waals surface area contributed by atoms with Crippen molar-refractivity contribution >= 4 is 0 Å². The van der Waals surface area contributed by atoms with Crippen molar-refractivity contribution in [3.05, 3.63) is 35.4 Å². The highest BCUT2D eigenvalue weighted by Gasteiger charge is 2.43. The molecule has 2 aliphatic rings. The summed E-state index contributed by atoms with van der Waals surface area (Å²) in [7, 11) is 2.06. The summed E-state index contributed by atoms with van der Waals surface area (Å²) >= 11 is 0. The van der Waals surface area contributed by atoms with Crippen LogP contribution in [-0.4, -0.2) is 26.7 Å². The summed E-state index contributed by atoms with van der Waals surface area (Å²) in [4.78, 5) is 0. The van der Waals surface area contributed by atoms with Crippen LogP contribution in [0.1, 0.15) is 42.7 Å². The maximum Gasteiger partial charge on any atom is 0.00784 e. The van der Waals surface area contributed by atoms with Gasteiger partial charge in [0.2, 0.25) is 0 Å². The first-order valence-electron chi connectivity index (χ1n) is 7.30. The average molecular weight is 244 g/mol. The molecule has 2 N–H and O–H groups in total. The van der Waals surface area contributed by atoms with Gasteiger partial charge in [-0.15, -0.1) is 0 Å². The van der Waals surface area contributed by atoms with E-state index in [1.54, 1.807) is 11.1 Å². The van der Waals surface area contributed by atoms with Crippen LogP contribution < -0.4 is 10.6 Å². The van der Waals surface area contributed by atoms with Crippen molar-refractivity contribution in [2.24, 2.45) is 0 Å². The number of hydrogen-bond acceptors (Lipinski definition) is 2. The zero-order valence-corrected chi connectivity index (χ0v) is 11.3. The smallest absolute Gasteiger partial charge is 0.00784 e. The summed E-state index contributed by atoms with van der Waals surface area (Å²) in [6.45, 7) is 3.47. The Morgan fingerprint density at radius 2 is 2.28 bits per heavy atom. The van der Waals surface area contributed by atoms with E-state index in [4.69, 9.17) is 0 Å². The monoisotopic (exact) mass is 244 g/mol. The quantitative estimate of drug-likeness (QED) is 0.850. The number of rotatable bonds is 4. The standard InChI is InChI=1S/C16H24N2/c1-17-12-16(7-8-16)15-6-2-4-13(10-15)14-5-3-9-18-11-14/h2,4,6,10,14,17-18H,3,5,7-9,11-12H2,1H3. The van der Waals surface area contributed by atoms with Crippen molar-refractivity contribution in [1.82, 2.24) is 10.6 Å². The Labute approximate surface area is 110 Å². The van der Waals surface area contributed by atoms with Gasteiger partial charge in [-0.05, 0) is 56.3 Å². The molecule has 1 heterocycles. The molecule has 0 spiro atoms. The second kappa shape index (κ2) is 5.02. The number of nitrogens with one attached hydrogen (secondary N) is 2. The third-order valence-electron chi connectivity index (χ3n) is 4.64. The van der Waals surface area contributed by atoms with Crippen molar-refractivity contribution < 1.29 is 0 Å². The summed E-state index contributed by atoms with van der Waals surface area (Å²) < 4.78 is 0. The van der Waals surface area contributed by atoms with Gasteiger partial charge in [-0.3, -0.25) is 0 Å². The van der Waals surface area contributed by atoms with Gasteiger partial charge in [0.25, 0.3) is 0 Å². The molecule has 1 aliphatic heterocycles. The molecular formula is C16H24N2. The molecule has 3 rings (SSSR count). The van der Waals surface area contributed by atoms with Crippen LogP contribution in [0.5, 0.6) is 0 Å². The SMILES string of the molecule is CNCC1(c2cccc(C3CCCNC3)c2)CC1. The fourth-order valence-corrected chi connectivity index (χ4v) is 3.32. The maximum atomic E-state index is 3.52. The molecule has 1 aromatic carbocycles. The van der Waals surface area contributed by atoms with Crippen molar-refractivity contribution in [2.45, 2.75) is 37.0 Å². The topological polar surface area (TPSA) is 24.1 Å². The largest absolute Gasteiger partial charge is 0.319 e. The Balaban J connectivity index is 1.80. The van der Waals surface area contributed by atoms with Gasteiger partial charge in [-0.25, -0.2) is 0 Å². The van der Waals surface area contributed by atoms with E-state index < -0.39 is 0 Å². The van der Waals surface area contributed by atoms with E-state index in [9.17, 15) is 0 Å². The third kappa shape index (κ3) is 2.32. The van der Waals surface area contributed by atoms with Gasteiger partial charge in [0.1, 0.15) is 0 Å². The van der Waals surface area contributed by atoms with Gasteiger partial charge in [0, 0.05) is 18.5 Å². The lowest BCUT2D eigenvalue weighted by molar-refractivity contribution is 0.461. The predicted molar refractivity (Wildman–Crippen MR) is 76.1 cm³/mol. The second-order valence-electron chi connectivity index (χ2n) is 5.98. The van der Waals surface area contributed by atoms with Crippen LogP contribution >= 0.6 is 0 Å². The van der Waals surface area contributed by atoms with Crippen LogP contribution in [-0.2, 0) is 5.41 Å². The van der Waals surface area contributed by atoms with E-state index in [-0.39, 0.29) is 0 Å². The third-order valence-corrected chi connectivity index (χ3v) is 4.64. The lowest BCUT2D eigenvalue weighted by atomic mass is 9.87. The molecule has 0 bridgehead atoms. The number of piperidine rings is 1. The number of hydrogen-bond donors (Lipinski definition) is 2. The Morgan fingerprint density at radius 3 is 2.94 bits per heavy atom. The first kappa shape index (κ1) is 12.2. The molecule has 98 valence electrons. The molecular weight excluding hydrogens is 220 g/mol. The molecule has 2 nitrogen and oxygen atoms in total. The lowest BCUT2D eigenvalue weighted by Gasteiger charge is -2.24. The molecule has 1 aromatic rings. The van der Waals surface area contributed by atoms with Crippen LogP contribution in [0.25, 0.3) is 0 Å². The van der Waals surface area contributed by atoms with Gasteiger partial charge in [0.05, 0.1) is 0 Å². The molecule has 1 saturated heterocycles. The first-order chi connectivity index (χ1) is 8.84. The highest BCUT2D eigenvalue weighted by atomic mass is 14.9. The van der Waals surface area contributed by atoms with Crippen molar-refractivity contribution in [1.29, 1.82) is 0 Å². The molecule has 0 amide bonds. The van der Waals surface area contributed by atoms with Crippen molar-refractivity contribution in [2.75, 3.05) is 26.7 Å². The average Bonchev–Trinajstić information content (AvgIpc) is 3.21. The van der Waals surface area contributed by atoms with Crippen molar-refractivity contribution in [3.8, 4) is 0 Å². The van der Waals surface area contributed by atoms with Crippen LogP contribution in [0.2, 0.25) is 0 Å². The molecule has 1 saturated carbocycles. The summed E-state index contributed by atoms with van der Waals surface area (Å²) in [5.74, 6) is 0.726. The first-order valence-corrected chi connectivity index (χ1v) is 7.30. The lowest BCUT2D eigenvalue weighted by Crippen LogP contribution is -2.28. The second-order valence-corrected chi connectivity index (χ2v) is 5.98. The highest BCUT2D eigenvalue weighted by molar-refractivity contribution is 5.36. The Kier molecular flexibility index (Phi) is 3.40. The minimum absolute atomic E-state index is 0.451. The summed E-state index contributed by atoms with van der Waals surface area (Å²) in [5, 5.41) is 6.88. The fraction of sp³-hybridized carbons (Fsp3) is 0.625. The summed E-state index contributed by atoms with van der Waals surface area (Å²) in [6.07, 6.45) is 5.35. The minimum Gasteiger partial charge on any atom is -0.319 e. The van der Waals surface area contributed by atoms with E-state index in [0.717, 1.165) is 19.0 Å². The van der Waals surface area contributed by atoms with Crippen LogP contribution in [0.4, 0.5) is 0 Å². The molecule has 0 aromatic heterocycles. The zero-order chi connectivity index (χ0) is 12.4. The predicted octanol–water partition coefficient (Wildman–Crippen LogP) is 2.40. The van der Waals surface area contributed by atoms with Gasteiger partial charge in [0.15, 0.2) is 0 Å². The van der Waals surface area contributed by atoms with Crippen LogP contribution in [0, 0.1) is 0 Å². The van der Waals surface area contributed by atoms with E-state index in [1.165, 1.54) is 32.2 Å². The molecule has 1 atom stereocenters. The number of benzene rings is 1. The Bertz CT molecular complexity index is 403. The van der Waals surface area contributed by atoms with Crippen molar-refractivity contribution in [3.63, 3.8) is 0 Å². The zero-order valence-electron chi connectivity index (χ0n) is 11.3. The molecule has 2 heteroatoms. The van der Waals surface area contributed by atoms with Gasteiger partial charge < -0.3 is 10.6 Å². The van der Waals surface area contributed by atoms with Crippen LogP contribution in [0.3, 0.4) is 0 Å². The molecule has 0 radical (unpaired) electrons. The van der Waals surface area contributed by atoms with Gasteiger partial charge >= 0.3 is 0 Å². The normalized spacial score (nSPS) is 25.9. The van der Waals surface area contributed by atoms with E-state index in [0.29, 0.717) is 5.41 Å². The Hall–Kier alpha value is -0.860. The summed E-state index contributed by atoms with van der Waals surface area (Å²) in [5.41, 5.74) is 3.55. The van der Waals surface area contributed by atoms with E-state index in [1.807, 2.05) is 0 Å². The van der Waals surface area contributed by atoms with E-state index in [2.05, 4.69) is 41.9 Å². The van der Waals surface area contributed by atoms with Gasteiger partial charge in [-0.2, -0.15) is 0 Å². The molecule has 2 fully saturated rings.